The van der Waals surface area contributed by atoms with E-state index in [2.05, 4.69) is 19.2 Å². The van der Waals surface area contributed by atoms with E-state index in [1.54, 1.807) is 16.4 Å². The van der Waals surface area contributed by atoms with Crippen LogP contribution in [0.3, 0.4) is 0 Å². The largest absolute Gasteiger partial charge is 0.351 e. The van der Waals surface area contributed by atoms with Gasteiger partial charge in [-0.1, -0.05) is 45.2 Å². The molecular formula is C20H34N3O3S+. The predicted molar refractivity (Wildman–Crippen MR) is 107 cm³/mol. The molecule has 7 heteroatoms. The number of carbonyl (C=O) groups is 1. The molecule has 1 aromatic rings. The van der Waals surface area contributed by atoms with Crippen LogP contribution in [-0.4, -0.2) is 57.9 Å². The molecule has 2 rings (SSSR count). The smallest absolute Gasteiger partial charge is 0.275 e. The molecule has 0 atom stereocenters. The van der Waals surface area contributed by atoms with Crippen LogP contribution in [0.5, 0.6) is 0 Å². The summed E-state index contributed by atoms with van der Waals surface area (Å²) in [6.45, 7) is 7.64. The number of nitrogens with zero attached hydrogens (tertiary/aromatic N) is 1. The second-order valence-electron chi connectivity index (χ2n) is 7.28. The van der Waals surface area contributed by atoms with Gasteiger partial charge < -0.3 is 10.2 Å². The van der Waals surface area contributed by atoms with Gasteiger partial charge >= 0.3 is 0 Å². The van der Waals surface area contributed by atoms with E-state index in [0.717, 1.165) is 49.1 Å². The maximum absolute atomic E-state index is 12.8. The van der Waals surface area contributed by atoms with Crippen molar-refractivity contribution >= 4 is 15.9 Å². The zero-order valence-corrected chi connectivity index (χ0v) is 17.5. The lowest BCUT2D eigenvalue weighted by Crippen LogP contribution is -3.15. The van der Waals surface area contributed by atoms with Gasteiger partial charge in [-0.3, -0.25) is 4.79 Å². The lowest BCUT2D eigenvalue weighted by Gasteiger charge is -2.31. The van der Waals surface area contributed by atoms with E-state index in [9.17, 15) is 13.2 Å². The minimum absolute atomic E-state index is 0.0592. The third-order valence-corrected chi connectivity index (χ3v) is 6.96. The Morgan fingerprint density at radius 2 is 1.74 bits per heavy atom. The average Bonchev–Trinajstić information content (AvgIpc) is 2.66. The zero-order valence-electron chi connectivity index (χ0n) is 16.7. The highest BCUT2D eigenvalue weighted by molar-refractivity contribution is 7.89. The van der Waals surface area contributed by atoms with Gasteiger partial charge in [0.05, 0.1) is 31.1 Å². The maximum atomic E-state index is 12.8. The lowest BCUT2D eigenvalue weighted by molar-refractivity contribution is -0.895. The van der Waals surface area contributed by atoms with Crippen molar-refractivity contribution < 1.29 is 18.1 Å². The molecule has 1 amide bonds. The summed E-state index contributed by atoms with van der Waals surface area (Å²) in [6.07, 6.45) is 5.29. The molecule has 0 spiro atoms. The molecule has 0 saturated carbocycles. The van der Waals surface area contributed by atoms with Crippen LogP contribution in [0.4, 0.5) is 0 Å². The van der Waals surface area contributed by atoms with E-state index in [1.165, 1.54) is 0 Å². The van der Waals surface area contributed by atoms with E-state index >= 15 is 0 Å². The number of hydrogen-bond acceptors (Lipinski definition) is 3. The van der Waals surface area contributed by atoms with Crippen molar-refractivity contribution in [3.8, 4) is 0 Å². The molecule has 6 nitrogen and oxygen atoms in total. The highest BCUT2D eigenvalue weighted by Crippen LogP contribution is 2.17. The normalized spacial score (nSPS) is 16.4. The fraction of sp³-hybridized carbons (Fsp3) is 0.650. The Balaban J connectivity index is 1.82. The molecular weight excluding hydrogens is 362 g/mol. The second-order valence-corrected chi connectivity index (χ2v) is 9.22. The summed E-state index contributed by atoms with van der Waals surface area (Å²) in [4.78, 5) is 13.5. The monoisotopic (exact) mass is 396 g/mol. The van der Waals surface area contributed by atoms with Crippen LogP contribution in [-0.2, 0) is 21.2 Å². The number of hydrogen-bond donors (Lipinski definition) is 2. The standard InChI is InChI=1S/C20H33N3O3S/c1-3-5-6-12-21-20(24)17-22-13-15-23(16-14-22)27(25,26)19-10-8-18(7-4-2)9-11-19/h8-11H,3-7,12-17H2,1-2H3,(H,21,24)/p+1. The first-order chi connectivity index (χ1) is 13.0. The molecule has 2 N–H and O–H groups in total. The fourth-order valence-corrected chi connectivity index (χ4v) is 4.82. The summed E-state index contributed by atoms with van der Waals surface area (Å²) >= 11 is 0. The van der Waals surface area contributed by atoms with Crippen molar-refractivity contribution in [1.82, 2.24) is 9.62 Å². The number of unbranched alkanes of at least 4 members (excludes halogenated alkanes) is 2. The van der Waals surface area contributed by atoms with E-state index < -0.39 is 10.0 Å². The van der Waals surface area contributed by atoms with Gasteiger partial charge in [0, 0.05) is 6.54 Å². The molecule has 27 heavy (non-hydrogen) atoms. The van der Waals surface area contributed by atoms with Crippen molar-refractivity contribution in [2.75, 3.05) is 39.3 Å². The van der Waals surface area contributed by atoms with E-state index in [4.69, 9.17) is 0 Å². The number of piperazine rings is 1. The minimum atomic E-state index is -3.45. The van der Waals surface area contributed by atoms with Crippen LogP contribution in [0.15, 0.2) is 29.2 Å². The Kier molecular flexibility index (Phi) is 8.73. The summed E-state index contributed by atoms with van der Waals surface area (Å²) < 4.78 is 27.2. The lowest BCUT2D eigenvalue weighted by atomic mass is 10.1. The van der Waals surface area contributed by atoms with Gasteiger partial charge in [-0.15, -0.1) is 0 Å². The number of carbonyl (C=O) groups excluding carboxylic acids is 1. The molecule has 1 heterocycles. The first-order valence-corrected chi connectivity index (χ1v) is 11.6. The number of benzene rings is 1. The third kappa shape index (κ3) is 6.59. The van der Waals surface area contributed by atoms with Crippen molar-refractivity contribution in [1.29, 1.82) is 0 Å². The number of rotatable bonds is 10. The summed E-state index contributed by atoms with van der Waals surface area (Å²) in [5.41, 5.74) is 1.16. The van der Waals surface area contributed by atoms with Crippen LogP contribution in [0.25, 0.3) is 0 Å². The molecule has 1 aliphatic heterocycles. The molecule has 0 radical (unpaired) electrons. The van der Waals surface area contributed by atoms with Gasteiger partial charge in [0.15, 0.2) is 6.54 Å². The Hall–Kier alpha value is -1.44. The summed E-state index contributed by atoms with van der Waals surface area (Å²) in [5.74, 6) is 0.0592. The van der Waals surface area contributed by atoms with E-state index in [0.29, 0.717) is 37.6 Å². The fourth-order valence-electron chi connectivity index (χ4n) is 3.38. The highest BCUT2D eigenvalue weighted by atomic mass is 32.2. The average molecular weight is 397 g/mol. The Morgan fingerprint density at radius 3 is 2.33 bits per heavy atom. The second kappa shape index (κ2) is 10.8. The zero-order chi connectivity index (χ0) is 19.7. The van der Waals surface area contributed by atoms with Crippen molar-refractivity contribution in [2.24, 2.45) is 0 Å². The van der Waals surface area contributed by atoms with Crippen LogP contribution in [0.2, 0.25) is 0 Å². The highest BCUT2D eigenvalue weighted by Gasteiger charge is 2.31. The molecule has 0 aromatic heterocycles. The Bertz CT molecular complexity index is 681. The Labute approximate surface area is 164 Å². The topological polar surface area (TPSA) is 70.9 Å². The van der Waals surface area contributed by atoms with Crippen LogP contribution >= 0.6 is 0 Å². The molecule has 152 valence electrons. The van der Waals surface area contributed by atoms with E-state index in [1.807, 2.05) is 12.1 Å². The minimum Gasteiger partial charge on any atom is -0.351 e. The first kappa shape index (κ1) is 21.9. The van der Waals surface area contributed by atoms with Gasteiger partial charge in [-0.05, 0) is 30.5 Å². The molecule has 0 aliphatic carbocycles. The van der Waals surface area contributed by atoms with Crippen LogP contribution in [0, 0.1) is 0 Å². The SMILES string of the molecule is CCCCCNC(=O)C[NH+]1CCN(S(=O)(=O)c2ccc(CCC)cc2)CC1. The molecule has 1 aliphatic rings. The third-order valence-electron chi connectivity index (χ3n) is 5.04. The molecule has 0 bridgehead atoms. The van der Waals surface area contributed by atoms with Gasteiger partial charge in [-0.2, -0.15) is 4.31 Å². The predicted octanol–water partition coefficient (Wildman–Crippen LogP) is 0.835. The molecule has 1 saturated heterocycles. The van der Waals surface area contributed by atoms with Gasteiger partial charge in [0.2, 0.25) is 10.0 Å². The number of aryl methyl sites for hydroxylation is 1. The molecule has 1 fully saturated rings. The van der Waals surface area contributed by atoms with Gasteiger partial charge in [0.1, 0.15) is 0 Å². The van der Waals surface area contributed by atoms with Crippen LogP contribution < -0.4 is 10.2 Å². The molecule has 0 unspecified atom stereocenters. The summed E-state index contributed by atoms with van der Waals surface area (Å²) in [6, 6.07) is 7.23. The first-order valence-electron chi connectivity index (χ1n) is 10.2. The molecule has 1 aromatic carbocycles. The van der Waals surface area contributed by atoms with Gasteiger partial charge in [-0.25, -0.2) is 8.42 Å². The van der Waals surface area contributed by atoms with E-state index in [-0.39, 0.29) is 5.91 Å². The number of sulfonamides is 1. The van der Waals surface area contributed by atoms with Crippen molar-refractivity contribution in [2.45, 2.75) is 50.8 Å². The maximum Gasteiger partial charge on any atom is 0.275 e. The van der Waals surface area contributed by atoms with Crippen LogP contribution in [0.1, 0.15) is 45.1 Å². The summed E-state index contributed by atoms with van der Waals surface area (Å²) in [5, 5.41) is 2.96. The quantitative estimate of drug-likeness (QED) is 0.576. The Morgan fingerprint density at radius 1 is 1.07 bits per heavy atom. The van der Waals surface area contributed by atoms with Gasteiger partial charge in [0.25, 0.3) is 5.91 Å². The van der Waals surface area contributed by atoms with Crippen molar-refractivity contribution in [3.63, 3.8) is 0 Å². The number of nitrogens with one attached hydrogen (secondary N) is 2. The number of quaternary nitrogens is 1. The number of amides is 1. The summed E-state index contributed by atoms with van der Waals surface area (Å²) in [7, 11) is -3.45. The van der Waals surface area contributed by atoms with Crippen molar-refractivity contribution in [3.05, 3.63) is 29.8 Å².